The molecule has 0 amide bonds. The van der Waals surface area contributed by atoms with Crippen LogP contribution >= 0.6 is 22.4 Å². The maximum atomic E-state index is 11.7. The summed E-state index contributed by atoms with van der Waals surface area (Å²) >= 11 is -0.494. The third kappa shape index (κ3) is 7.86. The highest BCUT2D eigenvalue weighted by Crippen LogP contribution is 2.64. The predicted molar refractivity (Wildman–Crippen MR) is 92.1 cm³/mol. The second-order valence-corrected chi connectivity index (χ2v) is 11.7. The van der Waals surface area contributed by atoms with E-state index in [1.165, 1.54) is 6.20 Å². The lowest BCUT2D eigenvalue weighted by molar-refractivity contribution is -0.195. The van der Waals surface area contributed by atoms with Crippen molar-refractivity contribution in [3.63, 3.8) is 0 Å². The van der Waals surface area contributed by atoms with Crippen LogP contribution in [0.5, 0.6) is 0 Å². The van der Waals surface area contributed by atoms with Gasteiger partial charge >= 0.3 is 39.3 Å². The van der Waals surface area contributed by atoms with Crippen molar-refractivity contribution >= 4 is 33.6 Å². The largest absolute Gasteiger partial charge is 0.739 e. The number of ether oxygens (including phenoxy) is 1. The average Bonchev–Trinajstić information content (AvgIpc) is 2.98. The lowest BCUT2D eigenvalue weighted by Gasteiger charge is -2.18. The number of aromatic nitrogens is 2. The van der Waals surface area contributed by atoms with Crippen LogP contribution in [0.25, 0.3) is 0 Å². The number of nitrogens with one attached hydrogen (secondary N) is 1. The number of hydrogen-bond acceptors (Lipinski definition) is 10. The van der Waals surface area contributed by atoms with Crippen molar-refractivity contribution in [2.45, 2.75) is 31.5 Å². The Labute approximate surface area is 164 Å². The SMILES string of the molecule is O=c1ccn([C@H]2CC[C@@H](C(O)O[S+]=P([O-])(O)OP(=O)(O)OP(=O)(O)O)O2)c(=O)[nH]1. The van der Waals surface area contributed by atoms with Gasteiger partial charge in [0.25, 0.3) is 5.56 Å². The zero-order chi connectivity index (χ0) is 22.0. The summed E-state index contributed by atoms with van der Waals surface area (Å²) in [6.07, 6.45) is -2.34. The molecule has 1 fully saturated rings. The Kier molecular flexibility index (Phi) is 7.87. The van der Waals surface area contributed by atoms with Gasteiger partial charge in [-0.05, 0) is 12.8 Å². The highest BCUT2D eigenvalue weighted by atomic mass is 32.5. The van der Waals surface area contributed by atoms with E-state index in [-0.39, 0.29) is 12.8 Å². The van der Waals surface area contributed by atoms with E-state index in [2.05, 4.69) is 12.8 Å². The maximum Gasteiger partial charge on any atom is 0.488 e. The van der Waals surface area contributed by atoms with Gasteiger partial charge < -0.3 is 34.3 Å². The van der Waals surface area contributed by atoms with Gasteiger partial charge in [-0.25, -0.2) is 18.2 Å². The van der Waals surface area contributed by atoms with Crippen molar-refractivity contribution in [2.24, 2.45) is 0 Å². The molecule has 0 saturated carbocycles. The molecule has 5 atom stereocenters. The predicted octanol–water partition coefficient (Wildman–Crippen LogP) is -2.20. The van der Waals surface area contributed by atoms with Gasteiger partial charge in [-0.3, -0.25) is 14.3 Å². The highest BCUT2D eigenvalue weighted by molar-refractivity contribution is 8.14. The molecule has 29 heavy (non-hydrogen) atoms. The molecule has 3 unspecified atom stereocenters. The Bertz CT molecular complexity index is 995. The lowest BCUT2D eigenvalue weighted by Crippen LogP contribution is -2.33. The van der Waals surface area contributed by atoms with E-state index in [1.807, 2.05) is 4.98 Å². The van der Waals surface area contributed by atoms with E-state index in [1.54, 1.807) is 0 Å². The molecule has 1 aliphatic heterocycles. The van der Waals surface area contributed by atoms with E-state index in [4.69, 9.17) is 19.4 Å². The Morgan fingerprint density at radius 3 is 2.48 bits per heavy atom. The second-order valence-electron chi connectivity index (χ2n) is 5.38. The first-order valence-electron chi connectivity index (χ1n) is 7.31. The lowest BCUT2D eigenvalue weighted by atomic mass is 10.2. The number of hydrogen-bond donors (Lipinski definition) is 6. The van der Waals surface area contributed by atoms with Gasteiger partial charge in [-0.1, -0.05) is 4.18 Å². The third-order valence-corrected chi connectivity index (χ3v) is 8.38. The Morgan fingerprint density at radius 1 is 1.24 bits per heavy atom. The minimum atomic E-state index is -5.64. The Morgan fingerprint density at radius 2 is 1.90 bits per heavy atom. The summed E-state index contributed by atoms with van der Waals surface area (Å²) in [5.74, 6) is 0. The van der Waals surface area contributed by atoms with Gasteiger partial charge in [0.05, 0.1) is 0 Å². The van der Waals surface area contributed by atoms with Crippen molar-refractivity contribution < 1.29 is 56.2 Å². The summed E-state index contributed by atoms with van der Waals surface area (Å²) in [5.41, 5.74) is -1.38. The fourth-order valence-electron chi connectivity index (χ4n) is 2.17. The second kappa shape index (κ2) is 9.26. The molecule has 0 aromatic carbocycles. The van der Waals surface area contributed by atoms with E-state index in [0.717, 1.165) is 10.6 Å². The molecule has 0 spiro atoms. The standard InChI is InChI=1S/C9H15N2O14P3S/c12-6-3-4-11(9(14)10-6)7-2-1-5(22-7)8(13)23-29-28(20,21)25-27(18,19)24-26(15,16)17/h3-5,7-8,13H,1-2H2,(H5-,10,12,14,15,16,17,18,19,20,21)/t5-,7+,8?/m0/s1. The summed E-state index contributed by atoms with van der Waals surface area (Å²) in [6, 6.07) is 1.08. The van der Waals surface area contributed by atoms with Gasteiger partial charge in [-0.15, -0.1) is 0 Å². The quantitative estimate of drug-likeness (QED) is 0.0960. The molecular formula is C9H15N2O14P3S. The molecule has 2 rings (SSSR count). The van der Waals surface area contributed by atoms with Crippen LogP contribution in [0.3, 0.4) is 0 Å². The number of H-pyrrole nitrogens is 1. The van der Waals surface area contributed by atoms with Gasteiger partial charge in [0.1, 0.15) is 12.3 Å². The van der Waals surface area contributed by atoms with E-state index < -0.39 is 63.5 Å². The van der Waals surface area contributed by atoms with E-state index in [0.29, 0.717) is 0 Å². The first-order valence-corrected chi connectivity index (χ1v) is 13.3. The van der Waals surface area contributed by atoms with Crippen LogP contribution in [0.2, 0.25) is 0 Å². The zero-order valence-corrected chi connectivity index (χ0v) is 17.4. The van der Waals surface area contributed by atoms with Crippen molar-refractivity contribution in [1.82, 2.24) is 9.55 Å². The summed E-state index contributed by atoms with van der Waals surface area (Å²) in [5, 5.41) is 9.89. The smallest absolute Gasteiger partial charge is 0.488 e. The van der Waals surface area contributed by atoms with Crippen LogP contribution in [0.15, 0.2) is 21.9 Å². The van der Waals surface area contributed by atoms with Crippen LogP contribution in [0.1, 0.15) is 19.1 Å². The Hall–Kier alpha value is -0.610. The normalized spacial score (nSPS) is 25.2. The highest BCUT2D eigenvalue weighted by Gasteiger charge is 2.40. The van der Waals surface area contributed by atoms with E-state index >= 15 is 0 Å². The molecule has 20 heteroatoms. The zero-order valence-electron chi connectivity index (χ0n) is 13.9. The van der Waals surface area contributed by atoms with E-state index in [9.17, 15) is 33.6 Å². The number of nitrogens with zero attached hydrogens (tertiary/aromatic N) is 1. The molecule has 1 aromatic heterocycles. The first kappa shape index (κ1) is 24.7. The van der Waals surface area contributed by atoms with Gasteiger partial charge in [0, 0.05) is 12.3 Å². The van der Waals surface area contributed by atoms with Crippen LogP contribution < -0.4 is 16.1 Å². The molecule has 0 radical (unpaired) electrons. The summed E-state index contributed by atoms with van der Waals surface area (Å²) in [6.45, 7) is -5.18. The molecule has 0 bridgehead atoms. The number of rotatable bonds is 8. The molecule has 1 saturated heterocycles. The molecule has 0 aliphatic carbocycles. The summed E-state index contributed by atoms with van der Waals surface area (Å²) in [7, 11) is -11.1. The topological polar surface area (TPSA) is 250 Å². The van der Waals surface area contributed by atoms with Crippen molar-refractivity contribution in [3.8, 4) is 0 Å². The van der Waals surface area contributed by atoms with Crippen LogP contribution in [0.4, 0.5) is 0 Å². The number of aromatic amines is 1. The summed E-state index contributed by atoms with van der Waals surface area (Å²) in [4.78, 5) is 71.8. The van der Waals surface area contributed by atoms with Crippen LogP contribution in [-0.4, -0.2) is 46.6 Å². The third-order valence-electron chi connectivity index (χ3n) is 3.16. The van der Waals surface area contributed by atoms with Gasteiger partial charge in [0.2, 0.25) is 6.29 Å². The molecule has 1 aliphatic rings. The summed E-state index contributed by atoms with van der Waals surface area (Å²) < 4.78 is 39.9. The van der Waals surface area contributed by atoms with Crippen molar-refractivity contribution in [2.75, 3.05) is 0 Å². The minimum absolute atomic E-state index is 0.119. The molecule has 16 nitrogen and oxygen atoms in total. The van der Waals surface area contributed by atoms with Gasteiger partial charge in [0.15, 0.2) is 0 Å². The molecule has 2 heterocycles. The monoisotopic (exact) mass is 500 g/mol. The van der Waals surface area contributed by atoms with Crippen molar-refractivity contribution in [3.05, 3.63) is 33.1 Å². The fourth-order valence-corrected chi connectivity index (χ4v) is 6.70. The molecular weight excluding hydrogens is 485 g/mol. The van der Waals surface area contributed by atoms with Crippen molar-refractivity contribution in [1.29, 1.82) is 0 Å². The molecule has 6 N–H and O–H groups in total. The number of aliphatic hydroxyl groups excluding tert-OH is 1. The number of aliphatic hydroxyl groups is 1. The first-order chi connectivity index (χ1) is 13.2. The van der Waals surface area contributed by atoms with Gasteiger partial charge in [-0.2, -0.15) is 4.31 Å². The number of phosphoric acid groups is 2. The molecule has 1 aromatic rings. The minimum Gasteiger partial charge on any atom is -0.739 e. The van der Waals surface area contributed by atoms with Crippen LogP contribution in [0, 0.1) is 0 Å². The Balaban J connectivity index is 2.00. The fraction of sp³-hybridized carbons (Fsp3) is 0.556. The maximum absolute atomic E-state index is 11.7. The molecule has 166 valence electrons. The van der Waals surface area contributed by atoms with Crippen LogP contribution in [-0.2, 0) is 37.9 Å². The average molecular weight is 500 g/mol.